The van der Waals surface area contributed by atoms with Crippen molar-refractivity contribution in [1.82, 2.24) is 30.1 Å². The van der Waals surface area contributed by atoms with Crippen LogP contribution in [0.4, 0.5) is 5.69 Å². The van der Waals surface area contributed by atoms with E-state index in [0.29, 0.717) is 65.1 Å². The quantitative estimate of drug-likeness (QED) is 0.0659. The number of benzene rings is 1. The van der Waals surface area contributed by atoms with Gasteiger partial charge in [-0.25, -0.2) is 5.43 Å². The van der Waals surface area contributed by atoms with Crippen LogP contribution in [0, 0.1) is 17.3 Å². The average molecular weight is 943 g/mol. The Morgan fingerprint density at radius 2 is 1.81 bits per heavy atom. The van der Waals surface area contributed by atoms with E-state index in [1.807, 2.05) is 40.7 Å². The van der Waals surface area contributed by atoms with E-state index < -0.39 is 34.9 Å². The summed E-state index contributed by atoms with van der Waals surface area (Å²) in [6.07, 6.45) is 7.82. The summed E-state index contributed by atoms with van der Waals surface area (Å²) in [7, 11) is 3.28. The lowest BCUT2D eigenvalue weighted by Gasteiger charge is -2.42. The molecule has 0 aliphatic carbocycles. The van der Waals surface area contributed by atoms with E-state index in [9.17, 15) is 24.0 Å². The Morgan fingerprint density at radius 1 is 1.09 bits per heavy atom. The van der Waals surface area contributed by atoms with E-state index in [-0.39, 0.29) is 49.3 Å². The Morgan fingerprint density at radius 3 is 2.41 bits per heavy atom. The number of aromatic nitrogens is 1. The highest BCUT2D eigenvalue weighted by molar-refractivity contribution is 5.96. The molecule has 3 fully saturated rings. The third-order valence-electron chi connectivity index (χ3n) is 13.7. The minimum absolute atomic E-state index is 0.0233. The zero-order valence-corrected chi connectivity index (χ0v) is 42.4. The zero-order chi connectivity index (χ0) is 49.9. The first-order valence-electron chi connectivity index (χ1n) is 24.4. The Labute approximate surface area is 404 Å². The van der Waals surface area contributed by atoms with Crippen molar-refractivity contribution in [2.75, 3.05) is 78.2 Å². The Bertz CT molecular complexity index is 2210. The lowest BCUT2D eigenvalue weighted by atomic mass is 9.84. The number of carbonyl (C=O) groups excluding carboxylic acids is 5. The number of anilines is 1. The maximum atomic E-state index is 14.2. The fourth-order valence-corrected chi connectivity index (χ4v) is 10.00. The minimum atomic E-state index is -1.18. The number of carbonyl (C=O) groups is 5. The maximum absolute atomic E-state index is 14.2. The molecule has 0 spiro atoms. The fraction of sp³-hybridized carbons (Fsp3) is 0.615. The molecule has 3 aliphatic heterocycles. The van der Waals surface area contributed by atoms with E-state index in [4.69, 9.17) is 19.2 Å². The second kappa shape index (κ2) is 23.9. The Hall–Kier alpha value is -5.16. The van der Waals surface area contributed by atoms with Crippen LogP contribution >= 0.6 is 0 Å². The number of hydrogen-bond acceptors (Lipinski definition) is 11. The highest BCUT2D eigenvalue weighted by Gasteiger charge is 2.42. The number of aliphatic imine (C=N–C) groups is 1. The summed E-state index contributed by atoms with van der Waals surface area (Å²) in [4.78, 5) is 77.2. The number of allylic oxidation sites excluding steroid dienone is 2. The molecule has 0 radical (unpaired) electrons. The van der Waals surface area contributed by atoms with Gasteiger partial charge in [0.2, 0.25) is 17.7 Å². The first-order chi connectivity index (χ1) is 32.4. The lowest BCUT2D eigenvalue weighted by molar-refractivity contribution is -0.149. The summed E-state index contributed by atoms with van der Waals surface area (Å²) in [5.41, 5.74) is 7.67. The van der Waals surface area contributed by atoms with Crippen molar-refractivity contribution in [2.45, 2.75) is 118 Å². The predicted octanol–water partition coefficient (Wildman–Crippen LogP) is 5.58. The standard InChI is InChI=1S/C52H78N8O8/c1-13-39(45(53-16-4)36(8)66-12)47-41(40-29-38(57-25-27-67-28-26-57)19-20-43(40)59(47)17-5)30-51(9,10)33-68-34-52(32-61)22-18-23-60(55-52)50(65)42(14-2)54-48(63)46(35(6)7)56(11)49(64)37-21-24-58(31-37)44(62)15-3/h13,15-16,19-20,29,32,35-37,42,46,55H,1,3,14,17-18,21-28,30-31,33-34H2,2,4-12H3,(H,54,63)/b45-39+,53-16?/t36-,37-,42-,46-,52?/m0/s1. The molecule has 0 bridgehead atoms. The fourth-order valence-electron chi connectivity index (χ4n) is 10.00. The van der Waals surface area contributed by atoms with Gasteiger partial charge in [-0.3, -0.25) is 29.2 Å². The summed E-state index contributed by atoms with van der Waals surface area (Å²) in [6.45, 7) is 28.7. The molecule has 2 aromatic rings. The number of nitrogens with zero attached hydrogens (tertiary/aromatic N) is 6. The first kappa shape index (κ1) is 53.8. The molecule has 16 heteroatoms. The minimum Gasteiger partial charge on any atom is -0.378 e. The molecule has 0 saturated carbocycles. The Kier molecular flexibility index (Phi) is 18.9. The van der Waals surface area contributed by atoms with Crippen LogP contribution in [0.15, 0.2) is 54.2 Å². The SMILES string of the molecule is C=CC(=O)N1CC[C@H](C(=O)N(C)[C@H](C(=O)N[C@@H](CC)C(=O)N2CCCC(C=O)(COCC(C)(C)Cc3c(/C(C=C)=C(/N=CC)[C@H](C)OC)n(CC)c4ccc(N5CCOCC5)cc34)N2)C(C)C)C1. The van der Waals surface area contributed by atoms with E-state index in [2.05, 4.69) is 72.3 Å². The molecule has 4 heterocycles. The van der Waals surface area contributed by atoms with Gasteiger partial charge in [0, 0.05) is 81.8 Å². The molecular formula is C52H78N8O8. The number of methoxy groups -OCH3 is 1. The van der Waals surface area contributed by atoms with Crippen LogP contribution in [0.5, 0.6) is 0 Å². The predicted molar refractivity (Wildman–Crippen MR) is 268 cm³/mol. The van der Waals surface area contributed by atoms with Crippen molar-refractivity contribution in [1.29, 1.82) is 0 Å². The van der Waals surface area contributed by atoms with Gasteiger partial charge >= 0.3 is 0 Å². The number of morpholine rings is 1. The number of fused-ring (bicyclic) bond motifs is 1. The van der Waals surface area contributed by atoms with Crippen LogP contribution in [0.2, 0.25) is 0 Å². The van der Waals surface area contributed by atoms with Crippen LogP contribution in [-0.4, -0.2) is 153 Å². The summed E-state index contributed by atoms with van der Waals surface area (Å²) in [5.74, 6) is -1.99. The van der Waals surface area contributed by atoms with Gasteiger partial charge in [-0.05, 0) is 94.0 Å². The number of nitrogens with one attached hydrogen (secondary N) is 2. The summed E-state index contributed by atoms with van der Waals surface area (Å²) < 4.78 is 20.4. The van der Waals surface area contributed by atoms with E-state index in [1.54, 1.807) is 25.3 Å². The highest BCUT2D eigenvalue weighted by Crippen LogP contribution is 2.40. The van der Waals surface area contributed by atoms with Gasteiger partial charge in [-0.2, -0.15) is 0 Å². The number of aryl methyl sites for hydroxylation is 1. The molecule has 4 amide bonds. The van der Waals surface area contributed by atoms with Gasteiger partial charge in [0.25, 0.3) is 5.91 Å². The van der Waals surface area contributed by atoms with Crippen LogP contribution in [0.1, 0.15) is 92.3 Å². The largest absolute Gasteiger partial charge is 0.378 e. The van der Waals surface area contributed by atoms with Gasteiger partial charge in [0.05, 0.1) is 49.8 Å². The molecule has 3 saturated heterocycles. The number of likely N-dealkylation sites (N-methyl/N-ethyl adjacent to an activating group) is 1. The number of hydrogen-bond donors (Lipinski definition) is 2. The Balaban J connectivity index is 1.34. The van der Waals surface area contributed by atoms with Crippen LogP contribution in [0.25, 0.3) is 16.5 Å². The smallest absolute Gasteiger partial charge is 0.259 e. The average Bonchev–Trinajstić information content (AvgIpc) is 3.95. The van der Waals surface area contributed by atoms with Crippen molar-refractivity contribution in [3.05, 3.63) is 60.5 Å². The highest BCUT2D eigenvalue weighted by atomic mass is 16.5. The summed E-state index contributed by atoms with van der Waals surface area (Å²) in [6, 6.07) is 4.91. The lowest BCUT2D eigenvalue weighted by Crippen LogP contribution is -2.66. The maximum Gasteiger partial charge on any atom is 0.259 e. The molecule has 374 valence electrons. The van der Waals surface area contributed by atoms with Gasteiger partial charge in [0.15, 0.2) is 0 Å². The third-order valence-corrected chi connectivity index (χ3v) is 13.7. The van der Waals surface area contributed by atoms with Crippen molar-refractivity contribution in [3.8, 4) is 0 Å². The van der Waals surface area contributed by atoms with Crippen LogP contribution in [0.3, 0.4) is 0 Å². The number of ether oxygens (including phenoxy) is 3. The van der Waals surface area contributed by atoms with Crippen molar-refractivity contribution in [2.24, 2.45) is 22.2 Å². The van der Waals surface area contributed by atoms with Gasteiger partial charge in [0.1, 0.15) is 23.9 Å². The first-order valence-corrected chi connectivity index (χ1v) is 24.4. The summed E-state index contributed by atoms with van der Waals surface area (Å²) >= 11 is 0. The molecule has 68 heavy (non-hydrogen) atoms. The summed E-state index contributed by atoms with van der Waals surface area (Å²) in [5, 5.41) is 5.49. The van der Waals surface area contributed by atoms with E-state index >= 15 is 0 Å². The van der Waals surface area contributed by atoms with E-state index in [0.717, 1.165) is 58.5 Å². The van der Waals surface area contributed by atoms with E-state index in [1.165, 1.54) is 16.0 Å². The van der Waals surface area contributed by atoms with Crippen molar-refractivity contribution < 1.29 is 38.2 Å². The number of aldehydes is 1. The molecule has 1 aromatic carbocycles. The van der Waals surface area contributed by atoms with Crippen LogP contribution < -0.4 is 15.6 Å². The third kappa shape index (κ3) is 12.2. The number of likely N-dealkylation sites (tertiary alicyclic amines) is 1. The van der Waals surface area contributed by atoms with Crippen LogP contribution in [-0.2, 0) is 51.1 Å². The molecule has 3 aliphatic rings. The number of hydrazine groups is 1. The molecule has 5 rings (SSSR count). The van der Waals surface area contributed by atoms with Crippen molar-refractivity contribution in [3.63, 3.8) is 0 Å². The topological polar surface area (TPSA) is 167 Å². The van der Waals surface area contributed by atoms with Gasteiger partial charge < -0.3 is 43.6 Å². The normalized spacial score (nSPS) is 20.9. The molecular weight excluding hydrogens is 865 g/mol. The number of amides is 4. The molecule has 1 unspecified atom stereocenters. The number of rotatable bonds is 22. The zero-order valence-electron chi connectivity index (χ0n) is 42.4. The van der Waals surface area contributed by atoms with Gasteiger partial charge in [-0.15, -0.1) is 0 Å². The second-order valence-electron chi connectivity index (χ2n) is 19.5. The molecule has 16 nitrogen and oxygen atoms in total. The monoisotopic (exact) mass is 943 g/mol. The second-order valence-corrected chi connectivity index (χ2v) is 19.5. The molecule has 1 aromatic heterocycles. The molecule has 2 N–H and O–H groups in total. The van der Waals surface area contributed by atoms with Crippen molar-refractivity contribution >= 4 is 58.3 Å². The van der Waals surface area contributed by atoms with Gasteiger partial charge in [-0.1, -0.05) is 53.9 Å². The molecule has 5 atom stereocenters.